The Hall–Kier alpha value is -2.96. The molecule has 114 valence electrons. The molecule has 0 radical (unpaired) electrons. The fourth-order valence-corrected chi connectivity index (χ4v) is 1.87. The molecular weight excluding hydrogens is 284 g/mol. The lowest BCUT2D eigenvalue weighted by molar-refractivity contribution is -0.135. The van der Waals surface area contributed by atoms with Gasteiger partial charge in [0.15, 0.2) is 0 Å². The van der Waals surface area contributed by atoms with Gasteiger partial charge in [-0.05, 0) is 44.2 Å². The number of benzene rings is 1. The van der Waals surface area contributed by atoms with Crippen molar-refractivity contribution in [2.75, 3.05) is 11.9 Å². The number of aryl methyl sites for hydroxylation is 2. The molecule has 1 heterocycles. The van der Waals surface area contributed by atoms with Crippen LogP contribution in [-0.2, 0) is 4.79 Å². The molecule has 0 aliphatic rings. The molecule has 2 aromatic rings. The van der Waals surface area contributed by atoms with Crippen molar-refractivity contribution in [3.63, 3.8) is 0 Å². The van der Waals surface area contributed by atoms with E-state index in [-0.39, 0.29) is 0 Å². The van der Waals surface area contributed by atoms with E-state index < -0.39 is 18.4 Å². The molecule has 2 rings (SSSR count). The van der Waals surface area contributed by atoms with Crippen LogP contribution >= 0.6 is 0 Å². The highest BCUT2D eigenvalue weighted by molar-refractivity contribution is 5.96. The van der Waals surface area contributed by atoms with Gasteiger partial charge in [0.05, 0.1) is 0 Å². The Balaban J connectivity index is 2.05. The molecule has 0 spiro atoms. The van der Waals surface area contributed by atoms with E-state index in [4.69, 9.17) is 5.11 Å². The molecule has 0 aliphatic heterocycles. The van der Waals surface area contributed by atoms with Crippen molar-refractivity contribution >= 4 is 23.5 Å². The molecule has 0 bridgehead atoms. The van der Waals surface area contributed by atoms with E-state index in [1.165, 1.54) is 0 Å². The summed E-state index contributed by atoms with van der Waals surface area (Å²) in [6, 6.07) is 8.48. The minimum absolute atomic E-state index is 0.383. The summed E-state index contributed by atoms with van der Waals surface area (Å²) < 4.78 is 0. The standard InChI is InChI=1S/C15H16N4O3/c1-9-7-10(2)18-15(17-9)19-12-5-3-11(4-6-12)14(22)16-8-13(20)21/h3-7H,8H2,1-2H3,(H,16,22)(H,20,21)(H,17,18,19). The summed E-state index contributed by atoms with van der Waals surface area (Å²) in [5, 5.41) is 13.9. The number of aliphatic carboxylic acids is 1. The van der Waals surface area contributed by atoms with E-state index in [1.807, 2.05) is 19.9 Å². The van der Waals surface area contributed by atoms with Crippen molar-refractivity contribution in [2.24, 2.45) is 0 Å². The normalized spacial score (nSPS) is 10.1. The number of carbonyl (C=O) groups excluding carboxylic acids is 1. The summed E-state index contributed by atoms with van der Waals surface area (Å²) >= 11 is 0. The second-order valence-corrected chi connectivity index (χ2v) is 4.75. The maximum absolute atomic E-state index is 11.7. The van der Waals surface area contributed by atoms with Gasteiger partial charge in [-0.2, -0.15) is 0 Å². The second-order valence-electron chi connectivity index (χ2n) is 4.75. The third kappa shape index (κ3) is 4.27. The third-order valence-corrected chi connectivity index (χ3v) is 2.79. The molecule has 0 aliphatic carbocycles. The number of hydrogen-bond acceptors (Lipinski definition) is 5. The SMILES string of the molecule is Cc1cc(C)nc(Nc2ccc(C(=O)NCC(=O)O)cc2)n1. The molecule has 0 fully saturated rings. The molecule has 1 aromatic carbocycles. The number of nitrogens with zero attached hydrogens (tertiary/aromatic N) is 2. The van der Waals surface area contributed by atoms with Crippen LogP contribution in [0.5, 0.6) is 0 Å². The summed E-state index contributed by atoms with van der Waals surface area (Å²) in [6.45, 7) is 3.36. The van der Waals surface area contributed by atoms with E-state index in [0.29, 0.717) is 11.5 Å². The van der Waals surface area contributed by atoms with E-state index in [1.54, 1.807) is 24.3 Å². The molecule has 0 saturated heterocycles. The van der Waals surface area contributed by atoms with Crippen LogP contribution in [-0.4, -0.2) is 33.5 Å². The van der Waals surface area contributed by atoms with Crippen molar-refractivity contribution in [1.82, 2.24) is 15.3 Å². The Morgan fingerprint density at radius 2 is 1.68 bits per heavy atom. The summed E-state index contributed by atoms with van der Waals surface area (Å²) in [7, 11) is 0. The van der Waals surface area contributed by atoms with E-state index >= 15 is 0 Å². The zero-order valence-corrected chi connectivity index (χ0v) is 12.3. The Bertz CT molecular complexity index is 678. The van der Waals surface area contributed by atoms with Gasteiger partial charge < -0.3 is 15.7 Å². The van der Waals surface area contributed by atoms with Crippen LogP contribution in [0, 0.1) is 13.8 Å². The van der Waals surface area contributed by atoms with Gasteiger partial charge in [-0.15, -0.1) is 0 Å². The average molecular weight is 300 g/mol. The monoisotopic (exact) mass is 300 g/mol. The highest BCUT2D eigenvalue weighted by Gasteiger charge is 2.07. The van der Waals surface area contributed by atoms with Crippen molar-refractivity contribution in [3.8, 4) is 0 Å². The molecule has 0 unspecified atom stereocenters. The Kier molecular flexibility index (Phi) is 4.67. The number of carbonyl (C=O) groups is 2. The third-order valence-electron chi connectivity index (χ3n) is 2.79. The predicted molar refractivity (Wildman–Crippen MR) is 81.2 cm³/mol. The van der Waals surface area contributed by atoms with Crippen molar-refractivity contribution in [1.29, 1.82) is 0 Å². The van der Waals surface area contributed by atoms with Gasteiger partial charge in [0.25, 0.3) is 5.91 Å². The van der Waals surface area contributed by atoms with Gasteiger partial charge in [0.1, 0.15) is 6.54 Å². The minimum atomic E-state index is -1.08. The van der Waals surface area contributed by atoms with Crippen LogP contribution < -0.4 is 10.6 Å². The molecular formula is C15H16N4O3. The van der Waals surface area contributed by atoms with Gasteiger partial charge in [0.2, 0.25) is 5.95 Å². The first-order valence-electron chi connectivity index (χ1n) is 6.63. The highest BCUT2D eigenvalue weighted by Crippen LogP contribution is 2.14. The van der Waals surface area contributed by atoms with Gasteiger partial charge in [-0.3, -0.25) is 9.59 Å². The Labute approximate surface area is 127 Å². The molecule has 1 aromatic heterocycles. The first-order valence-corrected chi connectivity index (χ1v) is 6.63. The highest BCUT2D eigenvalue weighted by atomic mass is 16.4. The molecule has 7 nitrogen and oxygen atoms in total. The number of anilines is 2. The largest absolute Gasteiger partial charge is 0.480 e. The molecule has 0 saturated carbocycles. The molecule has 0 atom stereocenters. The van der Waals surface area contributed by atoms with Crippen molar-refractivity contribution in [2.45, 2.75) is 13.8 Å². The van der Waals surface area contributed by atoms with Gasteiger partial charge in [-0.1, -0.05) is 0 Å². The zero-order valence-electron chi connectivity index (χ0n) is 12.3. The number of nitrogens with one attached hydrogen (secondary N) is 2. The smallest absolute Gasteiger partial charge is 0.322 e. The lowest BCUT2D eigenvalue weighted by atomic mass is 10.2. The van der Waals surface area contributed by atoms with Gasteiger partial charge in [0, 0.05) is 22.6 Å². The van der Waals surface area contributed by atoms with Gasteiger partial charge >= 0.3 is 5.97 Å². The molecule has 1 amide bonds. The first-order chi connectivity index (χ1) is 10.4. The lowest BCUT2D eigenvalue weighted by Gasteiger charge is -2.07. The first kappa shape index (κ1) is 15.4. The average Bonchev–Trinajstić information content (AvgIpc) is 2.44. The zero-order chi connectivity index (χ0) is 16.1. The summed E-state index contributed by atoms with van der Waals surface area (Å²) in [5.74, 6) is -1.03. The number of hydrogen-bond donors (Lipinski definition) is 3. The Morgan fingerprint density at radius 1 is 1.09 bits per heavy atom. The predicted octanol–water partition coefficient (Wildman–Crippen LogP) is 1.65. The maximum atomic E-state index is 11.7. The minimum Gasteiger partial charge on any atom is -0.480 e. The van der Waals surface area contributed by atoms with Crippen molar-refractivity contribution in [3.05, 3.63) is 47.3 Å². The fourth-order valence-electron chi connectivity index (χ4n) is 1.87. The Morgan fingerprint density at radius 3 is 2.23 bits per heavy atom. The lowest BCUT2D eigenvalue weighted by Crippen LogP contribution is -2.29. The number of carboxylic acid groups (broad SMARTS) is 1. The number of amides is 1. The van der Waals surface area contributed by atoms with Crippen LogP contribution in [0.4, 0.5) is 11.6 Å². The number of rotatable bonds is 5. The van der Waals surface area contributed by atoms with E-state index in [9.17, 15) is 9.59 Å². The molecule has 7 heteroatoms. The van der Waals surface area contributed by atoms with Crippen LogP contribution in [0.2, 0.25) is 0 Å². The van der Waals surface area contributed by atoms with Gasteiger partial charge in [-0.25, -0.2) is 9.97 Å². The summed E-state index contributed by atoms with van der Waals surface area (Å²) in [6.07, 6.45) is 0. The van der Waals surface area contributed by atoms with E-state index in [0.717, 1.165) is 17.1 Å². The van der Waals surface area contributed by atoms with E-state index in [2.05, 4.69) is 20.6 Å². The quantitative estimate of drug-likeness (QED) is 0.775. The topological polar surface area (TPSA) is 104 Å². The summed E-state index contributed by atoms with van der Waals surface area (Å²) in [5.41, 5.74) is 2.84. The van der Waals surface area contributed by atoms with Crippen LogP contribution in [0.1, 0.15) is 21.7 Å². The van der Waals surface area contributed by atoms with Crippen LogP contribution in [0.25, 0.3) is 0 Å². The van der Waals surface area contributed by atoms with Crippen LogP contribution in [0.3, 0.4) is 0 Å². The fraction of sp³-hybridized carbons (Fsp3) is 0.200. The maximum Gasteiger partial charge on any atom is 0.322 e. The molecule has 3 N–H and O–H groups in total. The second kappa shape index (κ2) is 6.66. The van der Waals surface area contributed by atoms with Crippen molar-refractivity contribution < 1.29 is 14.7 Å². The molecule has 22 heavy (non-hydrogen) atoms. The number of carboxylic acids is 1. The number of aromatic nitrogens is 2. The van der Waals surface area contributed by atoms with Crippen LogP contribution in [0.15, 0.2) is 30.3 Å². The summed E-state index contributed by atoms with van der Waals surface area (Å²) in [4.78, 5) is 30.6.